The summed E-state index contributed by atoms with van der Waals surface area (Å²) in [5.41, 5.74) is 1.42. The maximum Gasteiger partial charge on any atom is 0.310 e. The Morgan fingerprint density at radius 1 is 1.21 bits per heavy atom. The molecule has 2 heterocycles. The molecule has 148 valence electrons. The number of rotatable bonds is 6. The molecule has 0 radical (unpaired) electrons. The van der Waals surface area contributed by atoms with E-state index in [1.807, 2.05) is 0 Å². The zero-order chi connectivity index (χ0) is 19.9. The van der Waals surface area contributed by atoms with Gasteiger partial charge in [-0.3, -0.25) is 9.59 Å². The van der Waals surface area contributed by atoms with Crippen LogP contribution >= 0.6 is 11.8 Å². The number of benzene rings is 1. The van der Waals surface area contributed by atoms with Crippen molar-refractivity contribution >= 4 is 23.6 Å². The molecule has 1 aromatic heterocycles. The van der Waals surface area contributed by atoms with Gasteiger partial charge < -0.3 is 9.64 Å². The minimum atomic E-state index is -0.301. The van der Waals surface area contributed by atoms with Crippen LogP contribution in [0.25, 0.3) is 11.3 Å². The molecule has 8 heteroatoms. The summed E-state index contributed by atoms with van der Waals surface area (Å²) in [4.78, 5) is 26.1. The van der Waals surface area contributed by atoms with Crippen molar-refractivity contribution in [1.29, 1.82) is 0 Å². The highest BCUT2D eigenvalue weighted by atomic mass is 32.2. The van der Waals surface area contributed by atoms with Crippen LogP contribution in [-0.2, 0) is 14.3 Å². The van der Waals surface area contributed by atoms with E-state index < -0.39 is 0 Å². The molecule has 1 amide bonds. The SMILES string of the molecule is CCOC(=O)[C@@H]1CCCN(C(=O)CSc2ccc(-c3ccc(F)cc3)nn2)C1. The summed E-state index contributed by atoms with van der Waals surface area (Å²) in [6.07, 6.45) is 1.55. The van der Waals surface area contributed by atoms with Gasteiger partial charge in [0.05, 0.1) is 24.0 Å². The number of hydrogen-bond donors (Lipinski definition) is 0. The number of esters is 1. The standard InChI is InChI=1S/C20H22FN3O3S/c1-2-27-20(26)15-4-3-11-24(12-15)19(25)13-28-18-10-9-17(22-23-18)14-5-7-16(21)8-6-14/h5-10,15H,2-4,11-13H2,1H3/t15-/m1/s1. The minimum absolute atomic E-state index is 0.0246. The number of thioether (sulfide) groups is 1. The van der Waals surface area contributed by atoms with Crippen LogP contribution in [0.15, 0.2) is 41.4 Å². The summed E-state index contributed by atoms with van der Waals surface area (Å²) < 4.78 is 18.1. The van der Waals surface area contributed by atoms with E-state index in [4.69, 9.17) is 4.74 Å². The van der Waals surface area contributed by atoms with E-state index in [0.29, 0.717) is 30.4 Å². The van der Waals surface area contributed by atoms with Crippen LogP contribution in [0.3, 0.4) is 0 Å². The van der Waals surface area contributed by atoms with E-state index in [1.165, 1.54) is 23.9 Å². The summed E-state index contributed by atoms with van der Waals surface area (Å²) in [6.45, 7) is 3.20. The molecule has 0 saturated carbocycles. The molecule has 0 N–H and O–H groups in total. The van der Waals surface area contributed by atoms with Crippen molar-refractivity contribution in [2.75, 3.05) is 25.4 Å². The van der Waals surface area contributed by atoms with Gasteiger partial charge in [0.15, 0.2) is 0 Å². The lowest BCUT2D eigenvalue weighted by atomic mass is 9.98. The smallest absolute Gasteiger partial charge is 0.310 e. The Hall–Kier alpha value is -2.48. The molecule has 28 heavy (non-hydrogen) atoms. The van der Waals surface area contributed by atoms with Crippen molar-refractivity contribution in [2.45, 2.75) is 24.8 Å². The Balaban J connectivity index is 1.52. The molecule has 1 aromatic carbocycles. The molecule has 1 aliphatic rings. The lowest BCUT2D eigenvalue weighted by Gasteiger charge is -2.31. The Bertz CT molecular complexity index is 814. The van der Waals surface area contributed by atoms with Crippen molar-refractivity contribution < 1.29 is 18.7 Å². The van der Waals surface area contributed by atoms with Crippen molar-refractivity contribution in [3.63, 3.8) is 0 Å². The lowest BCUT2D eigenvalue weighted by Crippen LogP contribution is -2.43. The average Bonchev–Trinajstić information content (AvgIpc) is 2.73. The van der Waals surface area contributed by atoms with Crippen LogP contribution in [0.4, 0.5) is 4.39 Å². The molecule has 6 nitrogen and oxygen atoms in total. The van der Waals surface area contributed by atoms with Gasteiger partial charge in [-0.25, -0.2) is 4.39 Å². The van der Waals surface area contributed by atoms with E-state index >= 15 is 0 Å². The molecule has 1 aliphatic heterocycles. The number of aromatic nitrogens is 2. The lowest BCUT2D eigenvalue weighted by molar-refractivity contribution is -0.151. The molecular formula is C20H22FN3O3S. The van der Waals surface area contributed by atoms with Crippen molar-refractivity contribution in [1.82, 2.24) is 15.1 Å². The first-order chi connectivity index (χ1) is 13.6. The number of carbonyl (C=O) groups is 2. The highest BCUT2D eigenvalue weighted by Gasteiger charge is 2.29. The molecule has 0 bridgehead atoms. The number of piperidine rings is 1. The second-order valence-electron chi connectivity index (χ2n) is 6.48. The average molecular weight is 403 g/mol. The fraction of sp³-hybridized carbons (Fsp3) is 0.400. The van der Waals surface area contributed by atoms with Gasteiger partial charge in [-0.2, -0.15) is 0 Å². The van der Waals surface area contributed by atoms with Gasteiger partial charge in [0.25, 0.3) is 0 Å². The normalized spacial score (nSPS) is 16.6. The summed E-state index contributed by atoms with van der Waals surface area (Å²) in [6, 6.07) is 9.63. The van der Waals surface area contributed by atoms with Gasteiger partial charge in [-0.15, -0.1) is 10.2 Å². The zero-order valence-electron chi connectivity index (χ0n) is 15.6. The summed E-state index contributed by atoms with van der Waals surface area (Å²) in [5, 5.41) is 8.92. The second-order valence-corrected chi connectivity index (χ2v) is 7.48. The number of ether oxygens (including phenoxy) is 1. The number of halogens is 1. The highest BCUT2D eigenvalue weighted by molar-refractivity contribution is 7.99. The van der Waals surface area contributed by atoms with E-state index in [2.05, 4.69) is 10.2 Å². The quantitative estimate of drug-likeness (QED) is 0.545. The monoisotopic (exact) mass is 403 g/mol. The summed E-state index contributed by atoms with van der Waals surface area (Å²) in [7, 11) is 0. The summed E-state index contributed by atoms with van der Waals surface area (Å²) in [5.74, 6) is -0.554. The minimum Gasteiger partial charge on any atom is -0.466 e. The van der Waals surface area contributed by atoms with Crippen LogP contribution < -0.4 is 0 Å². The van der Waals surface area contributed by atoms with Crippen LogP contribution in [-0.4, -0.2) is 52.4 Å². The number of amides is 1. The molecule has 0 spiro atoms. The Morgan fingerprint density at radius 2 is 2.00 bits per heavy atom. The third-order valence-electron chi connectivity index (χ3n) is 4.52. The van der Waals surface area contributed by atoms with Crippen LogP contribution in [0, 0.1) is 11.7 Å². The number of nitrogens with zero attached hydrogens (tertiary/aromatic N) is 3. The number of hydrogen-bond acceptors (Lipinski definition) is 6. The highest BCUT2D eigenvalue weighted by Crippen LogP contribution is 2.22. The van der Waals surface area contributed by atoms with Crippen LogP contribution in [0.5, 0.6) is 0 Å². The van der Waals surface area contributed by atoms with E-state index in [9.17, 15) is 14.0 Å². The van der Waals surface area contributed by atoms with Gasteiger partial charge in [-0.1, -0.05) is 11.8 Å². The summed E-state index contributed by atoms with van der Waals surface area (Å²) >= 11 is 1.31. The maximum absolute atomic E-state index is 13.0. The van der Waals surface area contributed by atoms with Crippen molar-refractivity contribution in [3.8, 4) is 11.3 Å². The van der Waals surface area contributed by atoms with E-state index in [1.54, 1.807) is 36.1 Å². The third-order valence-corrected chi connectivity index (χ3v) is 5.42. The van der Waals surface area contributed by atoms with Gasteiger partial charge in [0, 0.05) is 18.7 Å². The Kier molecular flexibility index (Phi) is 6.97. The molecule has 0 aliphatic carbocycles. The van der Waals surface area contributed by atoms with Gasteiger partial charge in [-0.05, 0) is 56.2 Å². The second kappa shape index (κ2) is 9.64. The predicted octanol–water partition coefficient (Wildman–Crippen LogP) is 3.18. The van der Waals surface area contributed by atoms with Crippen molar-refractivity contribution in [2.24, 2.45) is 5.92 Å². The van der Waals surface area contributed by atoms with E-state index in [-0.39, 0.29) is 29.4 Å². The first kappa shape index (κ1) is 20.3. The van der Waals surface area contributed by atoms with Gasteiger partial charge >= 0.3 is 5.97 Å². The first-order valence-electron chi connectivity index (χ1n) is 9.23. The fourth-order valence-electron chi connectivity index (χ4n) is 3.05. The number of carbonyl (C=O) groups excluding carboxylic acids is 2. The molecule has 0 unspecified atom stereocenters. The van der Waals surface area contributed by atoms with Crippen LogP contribution in [0.1, 0.15) is 19.8 Å². The number of likely N-dealkylation sites (tertiary alicyclic amines) is 1. The van der Waals surface area contributed by atoms with Crippen molar-refractivity contribution in [3.05, 3.63) is 42.2 Å². The van der Waals surface area contributed by atoms with Crippen LogP contribution in [0.2, 0.25) is 0 Å². The molecule has 1 saturated heterocycles. The largest absolute Gasteiger partial charge is 0.466 e. The maximum atomic E-state index is 13.0. The molecule has 3 rings (SSSR count). The topological polar surface area (TPSA) is 72.4 Å². The first-order valence-corrected chi connectivity index (χ1v) is 10.2. The molecule has 1 atom stereocenters. The third kappa shape index (κ3) is 5.28. The van der Waals surface area contributed by atoms with E-state index in [0.717, 1.165) is 18.4 Å². The molecule has 1 fully saturated rings. The van der Waals surface area contributed by atoms with Gasteiger partial charge in [0.2, 0.25) is 5.91 Å². The molecule has 2 aromatic rings. The molecular weight excluding hydrogens is 381 g/mol. The predicted molar refractivity (Wildman–Crippen MR) is 104 cm³/mol. The Labute approximate surface area is 167 Å². The Morgan fingerprint density at radius 3 is 2.68 bits per heavy atom. The zero-order valence-corrected chi connectivity index (χ0v) is 16.5. The fourth-order valence-corrected chi connectivity index (χ4v) is 3.77. The van der Waals surface area contributed by atoms with Gasteiger partial charge in [0.1, 0.15) is 10.8 Å².